The number of benzene rings is 1. The molecule has 2 saturated heterocycles. The molecule has 0 radical (unpaired) electrons. The minimum Gasteiger partial charge on any atom is -0.399 e. The van der Waals surface area contributed by atoms with Crippen LogP contribution in [0.4, 0.5) is 5.69 Å². The van der Waals surface area contributed by atoms with Crippen molar-refractivity contribution in [2.75, 3.05) is 65.1 Å². The number of likely N-dealkylation sites (N-methyl/N-ethyl adjacent to an activating group) is 1. The van der Waals surface area contributed by atoms with Crippen LogP contribution in [0.3, 0.4) is 0 Å². The van der Waals surface area contributed by atoms with Gasteiger partial charge in [0.15, 0.2) is 0 Å². The minimum absolute atomic E-state index is 0.0198. The lowest BCUT2D eigenvalue weighted by Crippen LogP contribution is -2.57. The molecule has 2 aliphatic heterocycles. The van der Waals surface area contributed by atoms with Gasteiger partial charge in [0.25, 0.3) is 10.2 Å². The second-order valence-electron chi connectivity index (χ2n) is 6.91. The summed E-state index contributed by atoms with van der Waals surface area (Å²) in [6, 6.07) is 7.26. The zero-order valence-corrected chi connectivity index (χ0v) is 16.0. The number of hydrogen-bond donors (Lipinski definition) is 1. The molecule has 9 heteroatoms. The van der Waals surface area contributed by atoms with Gasteiger partial charge in [0.1, 0.15) is 0 Å². The highest BCUT2D eigenvalue weighted by molar-refractivity contribution is 7.86. The number of nitrogen functional groups attached to an aromatic ring is 1. The van der Waals surface area contributed by atoms with Gasteiger partial charge in [0, 0.05) is 58.0 Å². The summed E-state index contributed by atoms with van der Waals surface area (Å²) < 4.78 is 28.6. The lowest BCUT2D eigenvalue weighted by molar-refractivity contribution is -0.131. The van der Waals surface area contributed by atoms with E-state index >= 15 is 0 Å². The molecule has 0 saturated carbocycles. The molecular weight excluding hydrogens is 354 g/mol. The fourth-order valence-electron chi connectivity index (χ4n) is 3.27. The Balaban J connectivity index is 1.53. The molecule has 0 unspecified atom stereocenters. The van der Waals surface area contributed by atoms with Crippen molar-refractivity contribution in [2.45, 2.75) is 6.42 Å². The first-order chi connectivity index (χ1) is 12.4. The van der Waals surface area contributed by atoms with Crippen LogP contribution in [0.2, 0.25) is 0 Å². The van der Waals surface area contributed by atoms with Gasteiger partial charge in [-0.15, -0.1) is 0 Å². The number of nitrogens with zero attached hydrogens (tertiary/aromatic N) is 4. The average Bonchev–Trinajstić information content (AvgIpc) is 2.64. The monoisotopic (exact) mass is 381 g/mol. The molecule has 0 aromatic heterocycles. The SMILES string of the molecule is CN1CCN(S(=O)(=O)N2CCN(C(=O)Cc3ccc(N)cc3)CC2)CC1. The molecule has 1 aromatic carbocycles. The summed E-state index contributed by atoms with van der Waals surface area (Å²) in [6.07, 6.45) is 0.311. The van der Waals surface area contributed by atoms with Gasteiger partial charge in [0.2, 0.25) is 5.91 Å². The van der Waals surface area contributed by atoms with Crippen LogP contribution in [0, 0.1) is 0 Å². The quantitative estimate of drug-likeness (QED) is 0.707. The van der Waals surface area contributed by atoms with Crippen LogP contribution in [0.5, 0.6) is 0 Å². The van der Waals surface area contributed by atoms with Crippen molar-refractivity contribution in [2.24, 2.45) is 0 Å². The number of piperazine rings is 2. The molecular formula is C17H27N5O3S. The number of anilines is 1. The first kappa shape index (κ1) is 19.1. The lowest BCUT2D eigenvalue weighted by Gasteiger charge is -2.39. The van der Waals surface area contributed by atoms with E-state index in [4.69, 9.17) is 5.73 Å². The number of carbonyl (C=O) groups is 1. The third-order valence-electron chi connectivity index (χ3n) is 5.04. The molecule has 0 bridgehead atoms. The van der Waals surface area contributed by atoms with Gasteiger partial charge in [-0.05, 0) is 24.7 Å². The molecule has 26 heavy (non-hydrogen) atoms. The molecule has 2 fully saturated rings. The van der Waals surface area contributed by atoms with Gasteiger partial charge in [-0.3, -0.25) is 4.79 Å². The smallest absolute Gasteiger partial charge is 0.282 e. The third-order valence-corrected chi connectivity index (χ3v) is 7.08. The summed E-state index contributed by atoms with van der Waals surface area (Å²) in [5, 5.41) is 0. The molecule has 144 valence electrons. The molecule has 0 aliphatic carbocycles. The van der Waals surface area contributed by atoms with Crippen LogP contribution in [0.1, 0.15) is 5.56 Å². The summed E-state index contributed by atoms with van der Waals surface area (Å²) in [5.41, 5.74) is 7.24. The predicted octanol–water partition coefficient (Wildman–Crippen LogP) is -0.552. The van der Waals surface area contributed by atoms with E-state index in [0.29, 0.717) is 51.4 Å². The number of rotatable bonds is 4. The maximum atomic E-state index is 12.8. The maximum Gasteiger partial charge on any atom is 0.282 e. The molecule has 0 atom stereocenters. The summed E-state index contributed by atoms with van der Waals surface area (Å²) >= 11 is 0. The van der Waals surface area contributed by atoms with Crippen LogP contribution in [0.15, 0.2) is 24.3 Å². The molecule has 1 aromatic rings. The second kappa shape index (κ2) is 7.91. The lowest BCUT2D eigenvalue weighted by atomic mass is 10.1. The van der Waals surface area contributed by atoms with E-state index in [1.807, 2.05) is 19.2 Å². The van der Waals surface area contributed by atoms with E-state index in [2.05, 4.69) is 4.90 Å². The van der Waals surface area contributed by atoms with Crippen molar-refractivity contribution in [3.63, 3.8) is 0 Å². The Labute approximate surface area is 155 Å². The Morgan fingerprint density at radius 3 is 1.96 bits per heavy atom. The van der Waals surface area contributed by atoms with E-state index in [1.54, 1.807) is 21.3 Å². The summed E-state index contributed by atoms with van der Waals surface area (Å²) in [4.78, 5) is 16.3. The van der Waals surface area contributed by atoms with Crippen molar-refractivity contribution in [3.05, 3.63) is 29.8 Å². The normalized spacial score (nSPS) is 21.0. The topological polar surface area (TPSA) is 90.2 Å². The summed E-state index contributed by atoms with van der Waals surface area (Å²) in [6.45, 7) is 4.11. The maximum absolute atomic E-state index is 12.8. The molecule has 2 aliphatic rings. The van der Waals surface area contributed by atoms with Gasteiger partial charge < -0.3 is 15.5 Å². The number of nitrogens with two attached hydrogens (primary N) is 1. The fraction of sp³-hybridized carbons (Fsp3) is 0.588. The van der Waals surface area contributed by atoms with Gasteiger partial charge >= 0.3 is 0 Å². The Morgan fingerprint density at radius 2 is 1.42 bits per heavy atom. The van der Waals surface area contributed by atoms with Crippen LogP contribution < -0.4 is 5.73 Å². The highest BCUT2D eigenvalue weighted by Crippen LogP contribution is 2.15. The van der Waals surface area contributed by atoms with E-state index in [1.165, 1.54) is 4.31 Å². The molecule has 0 spiro atoms. The van der Waals surface area contributed by atoms with Crippen molar-refractivity contribution in [3.8, 4) is 0 Å². The minimum atomic E-state index is -3.43. The van der Waals surface area contributed by atoms with Crippen LogP contribution in [0.25, 0.3) is 0 Å². The Bertz CT molecular complexity index is 721. The van der Waals surface area contributed by atoms with Crippen molar-refractivity contribution >= 4 is 21.8 Å². The number of hydrogen-bond acceptors (Lipinski definition) is 5. The van der Waals surface area contributed by atoms with E-state index in [9.17, 15) is 13.2 Å². The molecule has 3 rings (SSSR count). The van der Waals surface area contributed by atoms with Crippen LogP contribution in [-0.4, -0.2) is 92.1 Å². The van der Waals surface area contributed by atoms with Gasteiger partial charge in [-0.2, -0.15) is 17.0 Å². The van der Waals surface area contributed by atoms with E-state index in [-0.39, 0.29) is 5.91 Å². The van der Waals surface area contributed by atoms with E-state index in [0.717, 1.165) is 18.7 Å². The molecule has 8 nitrogen and oxygen atoms in total. The molecule has 2 N–H and O–H groups in total. The Morgan fingerprint density at radius 1 is 0.923 bits per heavy atom. The summed E-state index contributed by atoms with van der Waals surface area (Å²) in [7, 11) is -1.44. The zero-order valence-electron chi connectivity index (χ0n) is 15.2. The summed E-state index contributed by atoms with van der Waals surface area (Å²) in [5.74, 6) is 0.0198. The average molecular weight is 382 g/mol. The van der Waals surface area contributed by atoms with Gasteiger partial charge in [-0.1, -0.05) is 12.1 Å². The zero-order chi connectivity index (χ0) is 18.7. The molecule has 2 heterocycles. The standard InChI is InChI=1S/C17H27N5O3S/c1-19-6-10-21(11-7-19)26(24,25)22-12-8-20(9-13-22)17(23)14-15-2-4-16(18)5-3-15/h2-5H,6-14,18H2,1H3. The Hall–Kier alpha value is -1.68. The van der Waals surface area contributed by atoms with Crippen molar-refractivity contribution in [1.29, 1.82) is 0 Å². The van der Waals surface area contributed by atoms with Crippen LogP contribution >= 0.6 is 0 Å². The van der Waals surface area contributed by atoms with Crippen molar-refractivity contribution in [1.82, 2.24) is 18.4 Å². The Kier molecular flexibility index (Phi) is 5.81. The first-order valence-corrected chi connectivity index (χ1v) is 10.3. The van der Waals surface area contributed by atoms with E-state index < -0.39 is 10.2 Å². The number of carbonyl (C=O) groups excluding carboxylic acids is 1. The van der Waals surface area contributed by atoms with Gasteiger partial charge in [-0.25, -0.2) is 0 Å². The van der Waals surface area contributed by atoms with Crippen LogP contribution in [-0.2, 0) is 21.4 Å². The largest absolute Gasteiger partial charge is 0.399 e. The highest BCUT2D eigenvalue weighted by Gasteiger charge is 2.34. The number of amides is 1. The second-order valence-corrected chi connectivity index (χ2v) is 8.84. The first-order valence-electron chi connectivity index (χ1n) is 8.92. The van der Waals surface area contributed by atoms with Crippen molar-refractivity contribution < 1.29 is 13.2 Å². The van der Waals surface area contributed by atoms with Gasteiger partial charge in [0.05, 0.1) is 6.42 Å². The fourth-order valence-corrected chi connectivity index (χ4v) is 4.85. The highest BCUT2D eigenvalue weighted by atomic mass is 32.2. The predicted molar refractivity (Wildman–Crippen MR) is 101 cm³/mol. The third kappa shape index (κ3) is 4.35. The molecule has 1 amide bonds.